The predicted molar refractivity (Wildman–Crippen MR) is 72.1 cm³/mol. The highest BCUT2D eigenvalue weighted by molar-refractivity contribution is 7.91. The molecule has 102 valence electrons. The lowest BCUT2D eigenvalue weighted by molar-refractivity contribution is -0.00504. The van der Waals surface area contributed by atoms with Gasteiger partial charge in [-0.2, -0.15) is 0 Å². The van der Waals surface area contributed by atoms with Crippen molar-refractivity contribution in [3.8, 4) is 0 Å². The summed E-state index contributed by atoms with van der Waals surface area (Å²) < 4.78 is 27.2. The lowest BCUT2D eigenvalue weighted by Crippen LogP contribution is -2.46. The molecule has 1 saturated carbocycles. The first-order valence-electron chi connectivity index (χ1n) is 6.07. The van der Waals surface area contributed by atoms with E-state index in [1.807, 2.05) is 6.92 Å². The molecule has 0 aliphatic heterocycles. The Morgan fingerprint density at radius 2 is 2.22 bits per heavy atom. The van der Waals surface area contributed by atoms with Crippen LogP contribution in [-0.4, -0.2) is 25.2 Å². The maximum atomic E-state index is 12.1. The fourth-order valence-corrected chi connectivity index (χ4v) is 5.06. The van der Waals surface area contributed by atoms with Gasteiger partial charge in [-0.15, -0.1) is 11.3 Å². The van der Waals surface area contributed by atoms with Crippen LogP contribution in [0.25, 0.3) is 0 Å². The van der Waals surface area contributed by atoms with Crippen LogP contribution in [0.15, 0.2) is 21.7 Å². The van der Waals surface area contributed by atoms with Crippen molar-refractivity contribution in [2.45, 2.75) is 49.0 Å². The van der Waals surface area contributed by atoms with Crippen LogP contribution in [0.5, 0.6) is 0 Å². The molecule has 2 N–H and O–H groups in total. The summed E-state index contributed by atoms with van der Waals surface area (Å²) in [6, 6.07) is 3.13. The van der Waals surface area contributed by atoms with Gasteiger partial charge in [0.25, 0.3) is 0 Å². The summed E-state index contributed by atoms with van der Waals surface area (Å²) in [5.41, 5.74) is -0.777. The Balaban J connectivity index is 2.10. The predicted octanol–water partition coefficient (Wildman–Crippen LogP) is 1.97. The molecule has 1 aliphatic rings. The van der Waals surface area contributed by atoms with Crippen molar-refractivity contribution in [3.05, 3.63) is 17.5 Å². The van der Waals surface area contributed by atoms with Crippen LogP contribution >= 0.6 is 11.3 Å². The van der Waals surface area contributed by atoms with E-state index in [2.05, 4.69) is 4.72 Å². The molecule has 1 aliphatic carbocycles. The van der Waals surface area contributed by atoms with Gasteiger partial charge >= 0.3 is 0 Å². The normalized spacial score (nSPS) is 33.5. The van der Waals surface area contributed by atoms with Gasteiger partial charge in [0.2, 0.25) is 10.0 Å². The number of rotatable bonds is 3. The van der Waals surface area contributed by atoms with Crippen molar-refractivity contribution in [2.24, 2.45) is 5.92 Å². The highest BCUT2D eigenvalue weighted by atomic mass is 32.2. The van der Waals surface area contributed by atoms with Gasteiger partial charge in [-0.3, -0.25) is 0 Å². The number of hydrogen-bond donors (Lipinski definition) is 2. The van der Waals surface area contributed by atoms with Gasteiger partial charge in [0.15, 0.2) is 0 Å². The first kappa shape index (κ1) is 14.0. The Bertz CT molecular complexity index is 493. The Morgan fingerprint density at radius 1 is 1.50 bits per heavy atom. The van der Waals surface area contributed by atoms with Crippen LogP contribution in [0, 0.1) is 5.92 Å². The molecular formula is C12H19NO3S2. The van der Waals surface area contributed by atoms with Crippen molar-refractivity contribution >= 4 is 21.4 Å². The van der Waals surface area contributed by atoms with E-state index >= 15 is 0 Å². The van der Waals surface area contributed by atoms with Crippen molar-refractivity contribution in [1.82, 2.24) is 4.72 Å². The zero-order chi connectivity index (χ0) is 13.4. The van der Waals surface area contributed by atoms with Crippen molar-refractivity contribution < 1.29 is 13.5 Å². The summed E-state index contributed by atoms with van der Waals surface area (Å²) in [5.74, 6) is 0.324. The fourth-order valence-electron chi connectivity index (χ4n) is 2.80. The third-order valence-corrected chi connectivity index (χ3v) is 6.16. The van der Waals surface area contributed by atoms with Crippen LogP contribution in [0.1, 0.15) is 33.1 Å². The Morgan fingerprint density at radius 3 is 2.78 bits per heavy atom. The third-order valence-electron chi connectivity index (χ3n) is 3.24. The van der Waals surface area contributed by atoms with Crippen molar-refractivity contribution in [3.63, 3.8) is 0 Å². The molecule has 1 aromatic heterocycles. The van der Waals surface area contributed by atoms with E-state index in [1.54, 1.807) is 24.4 Å². The molecule has 0 aromatic carbocycles. The van der Waals surface area contributed by atoms with Gasteiger partial charge in [0, 0.05) is 6.04 Å². The molecule has 3 unspecified atom stereocenters. The van der Waals surface area contributed by atoms with Gasteiger partial charge in [-0.05, 0) is 43.6 Å². The summed E-state index contributed by atoms with van der Waals surface area (Å²) in [6.45, 7) is 3.81. The third kappa shape index (κ3) is 3.32. The lowest BCUT2D eigenvalue weighted by Gasteiger charge is -2.37. The van der Waals surface area contributed by atoms with Crippen LogP contribution in [-0.2, 0) is 10.0 Å². The smallest absolute Gasteiger partial charge is 0.250 e. The van der Waals surface area contributed by atoms with Crippen molar-refractivity contribution in [1.29, 1.82) is 0 Å². The molecular weight excluding hydrogens is 270 g/mol. The van der Waals surface area contributed by atoms with E-state index in [9.17, 15) is 13.5 Å². The highest BCUT2D eigenvalue weighted by Crippen LogP contribution is 2.32. The fraction of sp³-hybridized carbons (Fsp3) is 0.667. The summed E-state index contributed by atoms with van der Waals surface area (Å²) in [6.07, 6.45) is 1.98. The molecule has 1 aromatic rings. The Labute approximate surface area is 112 Å². The van der Waals surface area contributed by atoms with Crippen molar-refractivity contribution in [2.75, 3.05) is 0 Å². The van der Waals surface area contributed by atoms with E-state index in [0.29, 0.717) is 16.5 Å². The first-order chi connectivity index (χ1) is 8.28. The SMILES string of the molecule is CC1CC(NS(=O)(=O)c2cccs2)CC(C)(O)C1. The van der Waals surface area contributed by atoms with E-state index in [0.717, 1.165) is 12.8 Å². The second-order valence-corrected chi connectivity index (χ2v) is 8.38. The molecule has 4 nitrogen and oxygen atoms in total. The van der Waals surface area contributed by atoms with E-state index < -0.39 is 15.6 Å². The van der Waals surface area contributed by atoms with E-state index in [-0.39, 0.29) is 6.04 Å². The molecule has 0 bridgehead atoms. The quantitative estimate of drug-likeness (QED) is 0.894. The molecule has 2 rings (SSSR count). The minimum atomic E-state index is -3.43. The number of nitrogens with one attached hydrogen (secondary N) is 1. The van der Waals surface area contributed by atoms with Gasteiger partial charge in [0.05, 0.1) is 5.60 Å². The topological polar surface area (TPSA) is 66.4 Å². The standard InChI is InChI=1S/C12H19NO3S2/c1-9-6-10(8-12(2,14)7-9)13-18(15,16)11-4-3-5-17-11/h3-5,9-10,13-14H,6-8H2,1-2H3. The molecule has 18 heavy (non-hydrogen) atoms. The maximum absolute atomic E-state index is 12.1. The zero-order valence-electron chi connectivity index (χ0n) is 10.6. The largest absolute Gasteiger partial charge is 0.390 e. The minimum Gasteiger partial charge on any atom is -0.390 e. The summed E-state index contributed by atoms with van der Waals surface area (Å²) in [7, 11) is -3.43. The first-order valence-corrected chi connectivity index (χ1v) is 8.43. The van der Waals surface area contributed by atoms with E-state index in [1.165, 1.54) is 11.3 Å². The highest BCUT2D eigenvalue weighted by Gasteiger charge is 2.35. The molecule has 0 amide bonds. The van der Waals surface area contributed by atoms with E-state index in [4.69, 9.17) is 0 Å². The summed E-state index contributed by atoms with van der Waals surface area (Å²) in [5, 5.41) is 11.9. The second-order valence-electron chi connectivity index (χ2n) is 5.50. The zero-order valence-corrected chi connectivity index (χ0v) is 12.2. The molecule has 6 heteroatoms. The van der Waals surface area contributed by atoms with Crippen LogP contribution in [0.3, 0.4) is 0 Å². The van der Waals surface area contributed by atoms with Gasteiger partial charge in [0.1, 0.15) is 4.21 Å². The van der Waals surface area contributed by atoms with Gasteiger partial charge < -0.3 is 5.11 Å². The molecule has 1 heterocycles. The van der Waals surface area contributed by atoms with Crippen LogP contribution < -0.4 is 4.72 Å². The Kier molecular flexibility index (Phi) is 3.82. The van der Waals surface area contributed by atoms with Crippen LogP contribution in [0.2, 0.25) is 0 Å². The number of sulfonamides is 1. The number of aliphatic hydroxyl groups is 1. The molecule has 0 saturated heterocycles. The average Bonchev–Trinajstić information content (AvgIpc) is 2.65. The van der Waals surface area contributed by atoms with Gasteiger partial charge in [-0.1, -0.05) is 13.0 Å². The average molecular weight is 289 g/mol. The monoisotopic (exact) mass is 289 g/mol. The summed E-state index contributed by atoms with van der Waals surface area (Å²) >= 11 is 1.21. The lowest BCUT2D eigenvalue weighted by atomic mass is 9.78. The number of hydrogen-bond acceptors (Lipinski definition) is 4. The molecule has 1 fully saturated rings. The summed E-state index contributed by atoms with van der Waals surface area (Å²) in [4.78, 5) is 0. The van der Waals surface area contributed by atoms with Gasteiger partial charge in [-0.25, -0.2) is 13.1 Å². The Hall–Kier alpha value is -0.430. The minimum absolute atomic E-state index is 0.184. The molecule has 0 spiro atoms. The molecule has 0 radical (unpaired) electrons. The molecule has 3 atom stereocenters. The second kappa shape index (κ2) is 4.92. The maximum Gasteiger partial charge on any atom is 0.250 e. The van der Waals surface area contributed by atoms with Crippen LogP contribution in [0.4, 0.5) is 0 Å². The number of thiophene rings is 1.